The molecule has 6 aromatic rings. The maximum atomic E-state index is 6.76. The Balaban J connectivity index is 1.15. The molecule has 272 valence electrons. The van der Waals surface area contributed by atoms with Crippen molar-refractivity contribution < 1.29 is 9.47 Å². The highest BCUT2D eigenvalue weighted by Gasteiger charge is 2.37. The Labute approximate surface area is 313 Å². The minimum Gasteiger partial charge on any atom is -0.497 e. The van der Waals surface area contributed by atoms with E-state index in [2.05, 4.69) is 95.9 Å². The summed E-state index contributed by atoms with van der Waals surface area (Å²) in [5.74, 6) is 5.33. The molecule has 0 radical (unpaired) electrons. The molecule has 9 rings (SSSR count). The molecule has 53 heavy (non-hydrogen) atoms. The Morgan fingerprint density at radius 1 is 0.698 bits per heavy atom. The number of aromatic nitrogens is 4. The van der Waals surface area contributed by atoms with Crippen molar-refractivity contribution in [2.75, 3.05) is 7.11 Å². The average Bonchev–Trinajstić information content (AvgIpc) is 3.75. The van der Waals surface area contributed by atoms with Crippen molar-refractivity contribution in [3.8, 4) is 28.8 Å². The second-order valence-corrected chi connectivity index (χ2v) is 15.9. The van der Waals surface area contributed by atoms with Crippen LogP contribution in [0.5, 0.6) is 17.2 Å². The van der Waals surface area contributed by atoms with E-state index in [9.17, 15) is 0 Å². The molecule has 2 fully saturated rings. The van der Waals surface area contributed by atoms with E-state index >= 15 is 0 Å². The lowest BCUT2D eigenvalue weighted by Crippen LogP contribution is -2.21. The summed E-state index contributed by atoms with van der Waals surface area (Å²) < 4.78 is 16.9. The van der Waals surface area contributed by atoms with Gasteiger partial charge in [-0.25, -0.2) is 9.67 Å². The molecule has 6 heteroatoms. The molecule has 2 saturated carbocycles. The first-order chi connectivity index (χ1) is 26.1. The molecular weight excluding hydrogens is 653 g/mol. The van der Waals surface area contributed by atoms with Crippen LogP contribution in [-0.4, -0.2) is 26.4 Å². The molecule has 3 aromatic heterocycles. The zero-order valence-corrected chi connectivity index (χ0v) is 31.6. The lowest BCUT2D eigenvalue weighted by molar-refractivity contribution is 0.406. The van der Waals surface area contributed by atoms with Crippen LogP contribution in [0, 0.1) is 5.92 Å². The number of para-hydroxylation sites is 1. The monoisotopic (exact) mass is 704 g/mol. The third-order valence-electron chi connectivity index (χ3n) is 12.6. The van der Waals surface area contributed by atoms with Gasteiger partial charge in [-0.15, -0.1) is 0 Å². The summed E-state index contributed by atoms with van der Waals surface area (Å²) in [4.78, 5) is 4.75. The van der Waals surface area contributed by atoms with Gasteiger partial charge < -0.3 is 9.47 Å². The van der Waals surface area contributed by atoms with E-state index < -0.39 is 0 Å². The molecule has 0 N–H and O–H groups in total. The van der Waals surface area contributed by atoms with E-state index in [0.717, 1.165) is 45.2 Å². The molecular formula is C47H52N4O2. The zero-order valence-electron chi connectivity index (χ0n) is 31.6. The predicted octanol–water partition coefficient (Wildman–Crippen LogP) is 12.7. The van der Waals surface area contributed by atoms with Crippen LogP contribution in [0.1, 0.15) is 126 Å². The quantitative estimate of drug-likeness (QED) is 0.148. The minimum atomic E-state index is 0.448. The maximum absolute atomic E-state index is 6.76. The van der Waals surface area contributed by atoms with Crippen molar-refractivity contribution in [1.82, 2.24) is 19.3 Å². The topological polar surface area (TPSA) is 54.1 Å². The zero-order chi connectivity index (χ0) is 35.9. The Morgan fingerprint density at radius 2 is 1.45 bits per heavy atom. The summed E-state index contributed by atoms with van der Waals surface area (Å²) >= 11 is 0. The molecule has 2 atom stereocenters. The first-order valence-corrected chi connectivity index (χ1v) is 20.2. The molecule has 3 heterocycles. The van der Waals surface area contributed by atoms with Crippen molar-refractivity contribution in [2.24, 2.45) is 5.92 Å². The van der Waals surface area contributed by atoms with E-state index in [0.29, 0.717) is 23.7 Å². The lowest BCUT2D eigenvalue weighted by atomic mass is 9.71. The number of hydrogen-bond acceptors (Lipinski definition) is 4. The molecule has 3 aromatic carbocycles. The molecule has 6 nitrogen and oxygen atoms in total. The normalized spacial score (nSPS) is 20.2. The van der Waals surface area contributed by atoms with E-state index in [-0.39, 0.29) is 0 Å². The van der Waals surface area contributed by atoms with E-state index in [4.69, 9.17) is 19.6 Å². The predicted molar refractivity (Wildman–Crippen MR) is 215 cm³/mol. The van der Waals surface area contributed by atoms with Gasteiger partial charge in [0.25, 0.3) is 0 Å². The van der Waals surface area contributed by atoms with E-state index in [1.54, 1.807) is 24.4 Å². The third kappa shape index (κ3) is 6.34. The van der Waals surface area contributed by atoms with Gasteiger partial charge in [-0.1, -0.05) is 81.4 Å². The summed E-state index contributed by atoms with van der Waals surface area (Å²) in [6, 6.07) is 27.4. The fraction of sp³-hybridized carbons (Fsp3) is 0.404. The van der Waals surface area contributed by atoms with Gasteiger partial charge in [0.15, 0.2) is 0 Å². The molecule has 0 saturated heterocycles. The van der Waals surface area contributed by atoms with Crippen LogP contribution in [0.15, 0.2) is 96.7 Å². The Hall–Kier alpha value is -4.84. The number of allylic oxidation sites excluding steroid dienone is 2. The summed E-state index contributed by atoms with van der Waals surface area (Å²) in [6.07, 6.45) is 19.7. The van der Waals surface area contributed by atoms with Crippen LogP contribution in [0.25, 0.3) is 33.3 Å². The van der Waals surface area contributed by atoms with Crippen LogP contribution >= 0.6 is 0 Å². The first kappa shape index (κ1) is 34.0. The van der Waals surface area contributed by atoms with Gasteiger partial charge in [0, 0.05) is 58.5 Å². The molecule has 0 bridgehead atoms. The molecule has 0 spiro atoms. The van der Waals surface area contributed by atoms with Gasteiger partial charge >= 0.3 is 0 Å². The minimum absolute atomic E-state index is 0.448. The van der Waals surface area contributed by atoms with Gasteiger partial charge in [0.2, 0.25) is 0 Å². The molecule has 0 amide bonds. The fourth-order valence-corrected chi connectivity index (χ4v) is 9.98. The summed E-state index contributed by atoms with van der Waals surface area (Å²) in [7, 11) is 1.69. The second kappa shape index (κ2) is 14.5. The highest BCUT2D eigenvalue weighted by Crippen LogP contribution is 2.49. The average molecular weight is 705 g/mol. The lowest BCUT2D eigenvalue weighted by Gasteiger charge is -2.33. The number of pyridine rings is 1. The maximum Gasteiger partial charge on any atom is 0.141 e. The van der Waals surface area contributed by atoms with E-state index in [1.165, 1.54) is 93.8 Å². The number of methoxy groups -OCH3 is 1. The highest BCUT2D eigenvalue weighted by atomic mass is 16.5. The second-order valence-electron chi connectivity index (χ2n) is 15.9. The molecule has 3 aliphatic carbocycles. The summed E-state index contributed by atoms with van der Waals surface area (Å²) in [5, 5.41) is 8.04. The number of nitrogens with zero attached hydrogens (tertiary/aromatic N) is 4. The van der Waals surface area contributed by atoms with Gasteiger partial charge in [0.1, 0.15) is 23.1 Å². The van der Waals surface area contributed by atoms with Crippen LogP contribution in [0.2, 0.25) is 0 Å². The van der Waals surface area contributed by atoms with Crippen molar-refractivity contribution >= 4 is 21.8 Å². The van der Waals surface area contributed by atoms with Gasteiger partial charge in [0.05, 0.1) is 35.2 Å². The molecule has 0 aliphatic heterocycles. The number of hydrogen-bond donors (Lipinski definition) is 0. The summed E-state index contributed by atoms with van der Waals surface area (Å²) in [5.41, 5.74) is 9.26. The van der Waals surface area contributed by atoms with Crippen molar-refractivity contribution in [3.05, 3.63) is 114 Å². The SMILES string of the molecule is COc1ccnc(-n2c3ccccc3c3ccc(Oc4cccc(-n5nc(C6CCCCC6)c(C6C(C)=CCC[C@@H]6C)c5C5CCCCC5)c4)cc32)c1. The fourth-order valence-electron chi connectivity index (χ4n) is 9.98. The van der Waals surface area contributed by atoms with Crippen LogP contribution in [0.4, 0.5) is 0 Å². The van der Waals surface area contributed by atoms with Gasteiger partial charge in [-0.05, 0) is 87.8 Å². The van der Waals surface area contributed by atoms with E-state index in [1.807, 2.05) is 12.1 Å². The molecule has 1 unspecified atom stereocenters. The van der Waals surface area contributed by atoms with Crippen LogP contribution in [0.3, 0.4) is 0 Å². The van der Waals surface area contributed by atoms with Crippen LogP contribution < -0.4 is 9.47 Å². The van der Waals surface area contributed by atoms with Crippen molar-refractivity contribution in [2.45, 2.75) is 109 Å². The Kier molecular flexibility index (Phi) is 9.31. The number of ether oxygens (including phenoxy) is 2. The van der Waals surface area contributed by atoms with Gasteiger partial charge in [-0.2, -0.15) is 5.10 Å². The first-order valence-electron chi connectivity index (χ1n) is 20.2. The smallest absolute Gasteiger partial charge is 0.141 e. The largest absolute Gasteiger partial charge is 0.497 e. The number of fused-ring (bicyclic) bond motifs is 3. The number of benzene rings is 3. The Morgan fingerprint density at radius 3 is 2.25 bits per heavy atom. The summed E-state index contributed by atoms with van der Waals surface area (Å²) in [6.45, 7) is 4.88. The number of rotatable bonds is 8. The van der Waals surface area contributed by atoms with Crippen LogP contribution in [-0.2, 0) is 0 Å². The third-order valence-corrected chi connectivity index (χ3v) is 12.6. The van der Waals surface area contributed by atoms with Crippen molar-refractivity contribution in [1.29, 1.82) is 0 Å². The van der Waals surface area contributed by atoms with Crippen molar-refractivity contribution in [3.63, 3.8) is 0 Å². The highest BCUT2D eigenvalue weighted by molar-refractivity contribution is 6.09. The standard InChI is InChI=1S/C47H52N4O2/c1-31-14-12-15-32(2)44(31)45-46(33-16-6-4-7-17-33)49-51(47(45)34-18-8-5-9-19-34)35-20-13-21-37(28-35)53-38-24-25-40-39-22-10-11-23-41(39)50(42(40)29-38)43-30-36(52-3)26-27-48-43/h10-11,13-14,20-30,32-34,44H,4-9,12,15-19H2,1-3H3/t32-,44?/m0/s1. The molecule has 3 aliphatic rings. The van der Waals surface area contributed by atoms with Gasteiger partial charge in [-0.3, -0.25) is 4.57 Å². The Bertz CT molecular complexity index is 2280.